The SMILES string of the molecule is O=C1COC2=C1CNc1ccccc12. The lowest BCUT2D eigenvalue weighted by atomic mass is 10.0. The molecule has 2 aliphatic rings. The molecule has 0 aliphatic carbocycles. The van der Waals surface area contributed by atoms with Gasteiger partial charge in [0.05, 0.1) is 5.57 Å². The quantitative estimate of drug-likeness (QED) is 0.667. The zero-order valence-electron chi connectivity index (χ0n) is 7.54. The van der Waals surface area contributed by atoms with Crippen LogP contribution in [0.5, 0.6) is 0 Å². The Morgan fingerprint density at radius 2 is 2.14 bits per heavy atom. The van der Waals surface area contributed by atoms with E-state index in [0.29, 0.717) is 6.54 Å². The molecular formula is C11H9NO2. The average molecular weight is 187 g/mol. The third-order valence-electron chi connectivity index (χ3n) is 2.59. The predicted molar refractivity (Wildman–Crippen MR) is 52.8 cm³/mol. The van der Waals surface area contributed by atoms with Crippen molar-refractivity contribution in [2.24, 2.45) is 0 Å². The van der Waals surface area contributed by atoms with Crippen molar-refractivity contribution < 1.29 is 9.53 Å². The molecule has 0 aromatic heterocycles. The van der Waals surface area contributed by atoms with Gasteiger partial charge in [0.2, 0.25) is 5.78 Å². The zero-order valence-corrected chi connectivity index (χ0v) is 7.54. The van der Waals surface area contributed by atoms with Crippen LogP contribution < -0.4 is 5.32 Å². The van der Waals surface area contributed by atoms with Gasteiger partial charge in [-0.2, -0.15) is 0 Å². The van der Waals surface area contributed by atoms with E-state index in [4.69, 9.17) is 4.74 Å². The molecule has 0 bridgehead atoms. The van der Waals surface area contributed by atoms with Crippen molar-refractivity contribution in [1.29, 1.82) is 0 Å². The minimum Gasteiger partial charge on any atom is -0.484 e. The van der Waals surface area contributed by atoms with Gasteiger partial charge in [-0.05, 0) is 12.1 Å². The second kappa shape index (κ2) is 2.61. The molecule has 3 nitrogen and oxygen atoms in total. The Morgan fingerprint density at radius 3 is 3.07 bits per heavy atom. The third kappa shape index (κ3) is 0.894. The average Bonchev–Trinajstić information content (AvgIpc) is 2.61. The third-order valence-corrected chi connectivity index (χ3v) is 2.59. The van der Waals surface area contributed by atoms with Crippen molar-refractivity contribution in [1.82, 2.24) is 0 Å². The number of Topliss-reactive ketones (excluding diaryl/α,β-unsaturated/α-hetero) is 1. The van der Waals surface area contributed by atoms with Gasteiger partial charge >= 0.3 is 0 Å². The number of hydrogen-bond donors (Lipinski definition) is 1. The lowest BCUT2D eigenvalue weighted by Crippen LogP contribution is -2.15. The molecule has 0 radical (unpaired) electrons. The van der Waals surface area contributed by atoms with Gasteiger partial charge in [-0.15, -0.1) is 0 Å². The van der Waals surface area contributed by atoms with Crippen LogP contribution in [0.15, 0.2) is 29.8 Å². The molecule has 0 saturated carbocycles. The number of anilines is 1. The van der Waals surface area contributed by atoms with Gasteiger partial charge in [-0.25, -0.2) is 0 Å². The van der Waals surface area contributed by atoms with Gasteiger partial charge in [0.25, 0.3) is 0 Å². The van der Waals surface area contributed by atoms with E-state index in [2.05, 4.69) is 5.32 Å². The van der Waals surface area contributed by atoms with Crippen LogP contribution in [0.2, 0.25) is 0 Å². The molecular weight excluding hydrogens is 178 g/mol. The van der Waals surface area contributed by atoms with Crippen LogP contribution >= 0.6 is 0 Å². The van der Waals surface area contributed by atoms with E-state index >= 15 is 0 Å². The second-order valence-electron chi connectivity index (χ2n) is 3.42. The summed E-state index contributed by atoms with van der Waals surface area (Å²) >= 11 is 0. The molecule has 3 heteroatoms. The molecule has 0 fully saturated rings. The van der Waals surface area contributed by atoms with Gasteiger partial charge < -0.3 is 10.1 Å². The highest BCUT2D eigenvalue weighted by molar-refractivity contribution is 6.08. The van der Waals surface area contributed by atoms with Crippen molar-refractivity contribution in [3.8, 4) is 0 Å². The fraction of sp³-hybridized carbons (Fsp3) is 0.182. The first-order valence-corrected chi connectivity index (χ1v) is 4.58. The summed E-state index contributed by atoms with van der Waals surface area (Å²) in [5.74, 6) is 0.867. The second-order valence-corrected chi connectivity index (χ2v) is 3.42. The molecule has 0 saturated heterocycles. The predicted octanol–water partition coefficient (Wildman–Crippen LogP) is 1.42. The van der Waals surface area contributed by atoms with Gasteiger partial charge in [0.1, 0.15) is 5.76 Å². The summed E-state index contributed by atoms with van der Waals surface area (Å²) in [6, 6.07) is 7.87. The number of fused-ring (bicyclic) bond motifs is 2. The van der Waals surface area contributed by atoms with Gasteiger partial charge in [-0.3, -0.25) is 4.79 Å². The lowest BCUT2D eigenvalue weighted by molar-refractivity contribution is -0.116. The monoisotopic (exact) mass is 187 g/mol. The van der Waals surface area contributed by atoms with Gasteiger partial charge in [-0.1, -0.05) is 12.1 Å². The van der Waals surface area contributed by atoms with Gasteiger partial charge in [0.15, 0.2) is 6.61 Å². The van der Waals surface area contributed by atoms with E-state index in [1.165, 1.54) is 0 Å². The van der Waals surface area contributed by atoms with Crippen LogP contribution in [0.25, 0.3) is 5.76 Å². The topological polar surface area (TPSA) is 38.3 Å². The largest absolute Gasteiger partial charge is 0.484 e. The highest BCUT2D eigenvalue weighted by atomic mass is 16.5. The number of ether oxygens (including phenoxy) is 1. The van der Waals surface area contributed by atoms with E-state index in [0.717, 1.165) is 22.6 Å². The molecule has 1 N–H and O–H groups in total. The number of rotatable bonds is 0. The molecule has 0 atom stereocenters. The first-order valence-electron chi connectivity index (χ1n) is 4.58. The van der Waals surface area contributed by atoms with Crippen LogP contribution in [-0.4, -0.2) is 18.9 Å². The first kappa shape index (κ1) is 7.62. The number of para-hydroxylation sites is 1. The van der Waals surface area contributed by atoms with E-state index < -0.39 is 0 Å². The van der Waals surface area contributed by atoms with E-state index in [1.54, 1.807) is 0 Å². The van der Waals surface area contributed by atoms with Crippen molar-refractivity contribution in [2.75, 3.05) is 18.5 Å². The molecule has 2 aliphatic heterocycles. The molecule has 3 rings (SSSR count). The molecule has 70 valence electrons. The van der Waals surface area contributed by atoms with E-state index in [9.17, 15) is 4.79 Å². The highest BCUT2D eigenvalue weighted by Crippen LogP contribution is 2.34. The van der Waals surface area contributed by atoms with Crippen molar-refractivity contribution in [2.45, 2.75) is 0 Å². The normalized spacial score (nSPS) is 18.4. The molecule has 14 heavy (non-hydrogen) atoms. The Kier molecular flexibility index (Phi) is 1.42. The molecule has 2 heterocycles. The maximum atomic E-state index is 11.4. The summed E-state index contributed by atoms with van der Waals surface area (Å²) in [5, 5.41) is 3.21. The Morgan fingerprint density at radius 1 is 1.29 bits per heavy atom. The van der Waals surface area contributed by atoms with Crippen LogP contribution in [-0.2, 0) is 9.53 Å². The van der Waals surface area contributed by atoms with Crippen molar-refractivity contribution in [3.63, 3.8) is 0 Å². The fourth-order valence-corrected chi connectivity index (χ4v) is 1.88. The number of carbonyl (C=O) groups excluding carboxylic acids is 1. The molecule has 1 aromatic carbocycles. The van der Waals surface area contributed by atoms with Crippen LogP contribution in [0.4, 0.5) is 5.69 Å². The summed E-state index contributed by atoms with van der Waals surface area (Å²) in [7, 11) is 0. The maximum Gasteiger partial charge on any atom is 0.201 e. The first-order chi connectivity index (χ1) is 6.86. The minimum absolute atomic E-state index is 0.0991. The smallest absolute Gasteiger partial charge is 0.201 e. The number of hydrogen-bond acceptors (Lipinski definition) is 3. The lowest BCUT2D eigenvalue weighted by Gasteiger charge is -2.17. The van der Waals surface area contributed by atoms with Crippen LogP contribution in [0, 0.1) is 0 Å². The number of benzene rings is 1. The number of carbonyl (C=O) groups is 1. The molecule has 1 aromatic rings. The fourth-order valence-electron chi connectivity index (χ4n) is 1.88. The molecule has 0 unspecified atom stereocenters. The van der Waals surface area contributed by atoms with Crippen LogP contribution in [0.1, 0.15) is 5.56 Å². The molecule has 0 spiro atoms. The highest BCUT2D eigenvalue weighted by Gasteiger charge is 2.29. The van der Waals surface area contributed by atoms with Gasteiger partial charge in [0, 0.05) is 17.8 Å². The standard InChI is InChI=1S/C11H9NO2/c13-10-6-14-11-7-3-1-2-4-9(7)12-5-8(10)11/h1-4,12H,5-6H2. The Hall–Kier alpha value is -1.77. The van der Waals surface area contributed by atoms with E-state index in [1.807, 2.05) is 24.3 Å². The van der Waals surface area contributed by atoms with Crippen molar-refractivity contribution >= 4 is 17.2 Å². The minimum atomic E-state index is 0.0991. The summed E-state index contributed by atoms with van der Waals surface area (Å²) in [5.41, 5.74) is 2.82. The maximum absolute atomic E-state index is 11.4. The number of nitrogens with one attached hydrogen (secondary N) is 1. The Bertz CT molecular complexity index is 448. The summed E-state index contributed by atoms with van der Waals surface area (Å²) in [6.07, 6.45) is 0. The van der Waals surface area contributed by atoms with Crippen molar-refractivity contribution in [3.05, 3.63) is 35.4 Å². The van der Waals surface area contributed by atoms with Crippen LogP contribution in [0.3, 0.4) is 0 Å². The zero-order chi connectivity index (χ0) is 9.54. The Balaban J connectivity index is 2.21. The molecule has 0 amide bonds. The Labute approximate surface area is 81.4 Å². The summed E-state index contributed by atoms with van der Waals surface area (Å²) in [6.45, 7) is 0.784. The number of ketones is 1. The van der Waals surface area contributed by atoms with E-state index in [-0.39, 0.29) is 12.4 Å². The summed E-state index contributed by atoms with van der Waals surface area (Å²) in [4.78, 5) is 11.4. The summed E-state index contributed by atoms with van der Waals surface area (Å²) < 4.78 is 5.39.